The Hall–Kier alpha value is -2.12. The maximum absolute atomic E-state index is 12.4. The van der Waals surface area contributed by atoms with Crippen molar-refractivity contribution in [2.75, 3.05) is 21.3 Å². The van der Waals surface area contributed by atoms with Crippen LogP contribution in [0.4, 0.5) is 4.79 Å². The molecule has 0 saturated carbocycles. The first-order valence-electron chi connectivity index (χ1n) is 7.88. The number of benzene rings is 1. The lowest BCUT2D eigenvalue weighted by atomic mass is 9.93. The number of carbonyl (C=O) groups excluding carboxylic acids is 2. The number of rotatable bonds is 6. The van der Waals surface area contributed by atoms with Crippen LogP contribution in [0, 0.1) is 0 Å². The second-order valence-electron chi connectivity index (χ2n) is 5.49. The number of carbonyl (C=O) groups is 2. The molecule has 0 aliphatic carbocycles. The van der Waals surface area contributed by atoms with Gasteiger partial charge in [0.05, 0.1) is 38.0 Å². The first kappa shape index (κ1) is 20.2. The fourth-order valence-corrected chi connectivity index (χ4v) is 3.56. The maximum atomic E-state index is 12.4. The standard InChI is InChI=1S/C17H20Cl2N2O5/c1-5-6-10-11(16(22)26-4)13(21-17(23)20-10)8-7-9(18)15(25-3)12(19)14(8)24-2/h7,13H,5-6H2,1-4H3,(H2,20,21,23). The van der Waals surface area contributed by atoms with Gasteiger partial charge in [-0.2, -0.15) is 0 Å². The lowest BCUT2D eigenvalue weighted by Gasteiger charge is -2.30. The van der Waals surface area contributed by atoms with E-state index in [9.17, 15) is 9.59 Å². The summed E-state index contributed by atoms with van der Waals surface area (Å²) in [4.78, 5) is 24.6. The van der Waals surface area contributed by atoms with Gasteiger partial charge in [0.1, 0.15) is 10.8 Å². The highest BCUT2D eigenvalue weighted by atomic mass is 35.5. The zero-order valence-electron chi connectivity index (χ0n) is 14.9. The van der Waals surface area contributed by atoms with Crippen LogP contribution in [-0.4, -0.2) is 33.3 Å². The first-order valence-corrected chi connectivity index (χ1v) is 8.63. The molecule has 1 unspecified atom stereocenters. The molecular weight excluding hydrogens is 383 g/mol. The van der Waals surface area contributed by atoms with Gasteiger partial charge >= 0.3 is 12.0 Å². The van der Waals surface area contributed by atoms with Crippen LogP contribution in [0.1, 0.15) is 31.4 Å². The van der Waals surface area contributed by atoms with Crippen LogP contribution in [0.15, 0.2) is 17.3 Å². The third-order valence-corrected chi connectivity index (χ3v) is 4.56. The highest BCUT2D eigenvalue weighted by molar-refractivity contribution is 6.38. The second kappa shape index (κ2) is 8.51. The van der Waals surface area contributed by atoms with Crippen LogP contribution in [0.2, 0.25) is 10.0 Å². The molecule has 2 N–H and O–H groups in total. The van der Waals surface area contributed by atoms with Crippen LogP contribution in [-0.2, 0) is 9.53 Å². The van der Waals surface area contributed by atoms with E-state index in [0.717, 1.165) is 6.42 Å². The summed E-state index contributed by atoms with van der Waals surface area (Å²) >= 11 is 12.6. The van der Waals surface area contributed by atoms with E-state index < -0.39 is 18.0 Å². The molecule has 0 fully saturated rings. The topological polar surface area (TPSA) is 85.9 Å². The number of hydrogen-bond acceptors (Lipinski definition) is 5. The summed E-state index contributed by atoms with van der Waals surface area (Å²) in [5, 5.41) is 5.74. The Morgan fingerprint density at radius 1 is 1.19 bits per heavy atom. The zero-order chi connectivity index (χ0) is 19.4. The molecule has 0 bridgehead atoms. The van der Waals surface area contributed by atoms with Crippen LogP contribution < -0.4 is 20.1 Å². The van der Waals surface area contributed by atoms with Crippen molar-refractivity contribution in [3.63, 3.8) is 0 Å². The molecule has 0 spiro atoms. The molecule has 2 amide bonds. The smallest absolute Gasteiger partial charge is 0.337 e. The van der Waals surface area contributed by atoms with E-state index in [2.05, 4.69) is 10.6 Å². The van der Waals surface area contributed by atoms with Crippen molar-refractivity contribution in [3.05, 3.63) is 32.9 Å². The van der Waals surface area contributed by atoms with Crippen molar-refractivity contribution in [1.82, 2.24) is 10.6 Å². The van der Waals surface area contributed by atoms with Crippen LogP contribution >= 0.6 is 23.2 Å². The minimum Gasteiger partial charge on any atom is -0.495 e. The molecule has 1 aromatic rings. The number of hydrogen-bond donors (Lipinski definition) is 2. The number of amides is 2. The number of nitrogens with one attached hydrogen (secondary N) is 2. The molecule has 1 aliphatic rings. The molecule has 7 nitrogen and oxygen atoms in total. The summed E-state index contributed by atoms with van der Waals surface area (Å²) in [6.45, 7) is 1.94. The molecule has 1 aromatic carbocycles. The van der Waals surface area contributed by atoms with Gasteiger partial charge in [0.15, 0.2) is 5.75 Å². The Bertz CT molecular complexity index is 764. The third-order valence-electron chi connectivity index (χ3n) is 3.94. The predicted molar refractivity (Wildman–Crippen MR) is 97.9 cm³/mol. The Labute approximate surface area is 161 Å². The fraction of sp³-hybridized carbons (Fsp3) is 0.412. The summed E-state index contributed by atoms with van der Waals surface area (Å²) in [5.74, 6) is -0.0833. The number of urea groups is 1. The Morgan fingerprint density at radius 3 is 2.38 bits per heavy atom. The molecular formula is C17H20Cl2N2O5. The largest absolute Gasteiger partial charge is 0.495 e. The molecule has 0 aromatic heterocycles. The lowest BCUT2D eigenvalue weighted by molar-refractivity contribution is -0.136. The van der Waals surface area contributed by atoms with Crippen LogP contribution in [0.25, 0.3) is 0 Å². The Morgan fingerprint density at radius 2 is 1.85 bits per heavy atom. The minimum absolute atomic E-state index is 0.145. The number of esters is 1. The monoisotopic (exact) mass is 402 g/mol. The predicted octanol–water partition coefficient (Wildman–Crippen LogP) is 3.59. The van der Waals surface area contributed by atoms with Crippen molar-refractivity contribution in [2.24, 2.45) is 0 Å². The van der Waals surface area contributed by atoms with Gasteiger partial charge in [0.2, 0.25) is 0 Å². The molecule has 1 aliphatic heterocycles. The molecule has 0 saturated heterocycles. The number of methoxy groups -OCH3 is 3. The lowest BCUT2D eigenvalue weighted by Crippen LogP contribution is -2.46. The quantitative estimate of drug-likeness (QED) is 0.709. The van der Waals surface area contributed by atoms with Gasteiger partial charge in [-0.1, -0.05) is 36.5 Å². The zero-order valence-corrected chi connectivity index (χ0v) is 16.4. The van der Waals surface area contributed by atoms with Gasteiger partial charge < -0.3 is 24.8 Å². The van der Waals surface area contributed by atoms with Crippen LogP contribution in [0.3, 0.4) is 0 Å². The maximum Gasteiger partial charge on any atom is 0.337 e. The van der Waals surface area contributed by atoms with Crippen molar-refractivity contribution in [3.8, 4) is 11.5 Å². The van der Waals surface area contributed by atoms with Crippen molar-refractivity contribution in [1.29, 1.82) is 0 Å². The molecule has 0 radical (unpaired) electrons. The van der Waals surface area contributed by atoms with E-state index in [1.54, 1.807) is 6.07 Å². The third kappa shape index (κ3) is 3.68. The average molecular weight is 403 g/mol. The number of allylic oxidation sites excluding steroid dienone is 1. The summed E-state index contributed by atoms with van der Waals surface area (Å²) < 4.78 is 15.5. The molecule has 9 heteroatoms. The van der Waals surface area contributed by atoms with E-state index in [-0.39, 0.29) is 27.1 Å². The van der Waals surface area contributed by atoms with Crippen molar-refractivity contribution < 1.29 is 23.8 Å². The fourth-order valence-electron chi connectivity index (χ4n) is 2.86. The van der Waals surface area contributed by atoms with Gasteiger partial charge in [-0.05, 0) is 12.5 Å². The van der Waals surface area contributed by atoms with E-state index in [4.69, 9.17) is 37.4 Å². The molecule has 1 heterocycles. The van der Waals surface area contributed by atoms with Gasteiger partial charge in [0.25, 0.3) is 0 Å². The molecule has 1 atom stereocenters. The number of halogens is 2. The summed E-state index contributed by atoms with van der Waals surface area (Å²) in [6, 6.07) is 0.262. The number of ether oxygens (including phenoxy) is 3. The average Bonchev–Trinajstić information content (AvgIpc) is 2.60. The van der Waals surface area contributed by atoms with E-state index in [1.165, 1.54) is 21.3 Å². The molecule has 2 rings (SSSR count). The van der Waals surface area contributed by atoms with Gasteiger partial charge in [-0.3, -0.25) is 0 Å². The van der Waals surface area contributed by atoms with Crippen LogP contribution in [0.5, 0.6) is 11.5 Å². The minimum atomic E-state index is -0.839. The van der Waals surface area contributed by atoms with Gasteiger partial charge in [-0.25, -0.2) is 9.59 Å². The summed E-state index contributed by atoms with van der Waals surface area (Å²) in [6.07, 6.45) is 1.22. The van der Waals surface area contributed by atoms with E-state index in [1.807, 2.05) is 6.92 Å². The summed E-state index contributed by atoms with van der Waals surface area (Å²) in [5.41, 5.74) is 1.18. The Balaban J connectivity index is 2.73. The second-order valence-corrected chi connectivity index (χ2v) is 6.28. The Kier molecular flexibility index (Phi) is 6.61. The normalized spacial score (nSPS) is 16.7. The highest BCUT2D eigenvalue weighted by Gasteiger charge is 2.36. The molecule has 26 heavy (non-hydrogen) atoms. The highest BCUT2D eigenvalue weighted by Crippen LogP contribution is 2.46. The first-order chi connectivity index (χ1) is 12.4. The van der Waals surface area contributed by atoms with Gasteiger partial charge in [0, 0.05) is 11.3 Å². The SMILES string of the molecule is CCCC1=C(C(=O)OC)C(c2cc(Cl)c(OC)c(Cl)c2OC)NC(=O)N1. The van der Waals surface area contributed by atoms with Crippen molar-refractivity contribution >= 4 is 35.2 Å². The van der Waals surface area contributed by atoms with Crippen molar-refractivity contribution in [2.45, 2.75) is 25.8 Å². The summed E-state index contributed by atoms with van der Waals surface area (Å²) in [7, 11) is 4.13. The molecule has 142 valence electrons. The van der Waals surface area contributed by atoms with E-state index in [0.29, 0.717) is 17.7 Å². The van der Waals surface area contributed by atoms with E-state index >= 15 is 0 Å². The van der Waals surface area contributed by atoms with Gasteiger partial charge in [-0.15, -0.1) is 0 Å².